The lowest BCUT2D eigenvalue weighted by Gasteiger charge is -2.27. The fourth-order valence-electron chi connectivity index (χ4n) is 5.12. The second kappa shape index (κ2) is 8.56. The molecule has 1 aliphatic carbocycles. The molecule has 6 heteroatoms. The molecule has 2 fully saturated rings. The second-order valence-corrected chi connectivity index (χ2v) is 8.63. The van der Waals surface area contributed by atoms with Gasteiger partial charge in [-0.25, -0.2) is 4.98 Å². The topological polar surface area (TPSA) is 71.1 Å². The summed E-state index contributed by atoms with van der Waals surface area (Å²) in [7, 11) is 1.67. The summed E-state index contributed by atoms with van der Waals surface area (Å²) in [5.41, 5.74) is 1.34. The number of carbonyl (C=O) groups is 1. The molecular weight excluding hydrogens is 364 g/mol. The van der Waals surface area contributed by atoms with Gasteiger partial charge in [0.2, 0.25) is 5.91 Å². The van der Waals surface area contributed by atoms with Crippen molar-refractivity contribution in [2.45, 2.75) is 64.2 Å². The van der Waals surface area contributed by atoms with Gasteiger partial charge < -0.3 is 9.64 Å². The first kappa shape index (κ1) is 19.9. The average molecular weight is 397 g/mol. The number of ether oxygens (including phenoxy) is 1. The number of hydrogen-bond donors (Lipinski definition) is 1. The van der Waals surface area contributed by atoms with Crippen molar-refractivity contribution < 1.29 is 9.53 Å². The van der Waals surface area contributed by atoms with Crippen molar-refractivity contribution in [2.75, 3.05) is 20.2 Å². The number of rotatable bonds is 7. The van der Waals surface area contributed by atoms with Crippen molar-refractivity contribution in [3.05, 3.63) is 41.5 Å². The molecule has 2 aromatic rings. The van der Waals surface area contributed by atoms with Gasteiger partial charge in [-0.1, -0.05) is 31.9 Å². The molecule has 4 rings (SSSR count). The van der Waals surface area contributed by atoms with Crippen LogP contribution in [0.15, 0.2) is 24.3 Å². The van der Waals surface area contributed by atoms with E-state index in [0.717, 1.165) is 49.8 Å². The molecule has 156 valence electrons. The summed E-state index contributed by atoms with van der Waals surface area (Å²) in [6, 6.07) is 7.99. The summed E-state index contributed by atoms with van der Waals surface area (Å²) >= 11 is 0. The van der Waals surface area contributed by atoms with Crippen LogP contribution < -0.4 is 4.74 Å². The van der Waals surface area contributed by atoms with E-state index in [-0.39, 0.29) is 17.2 Å². The van der Waals surface area contributed by atoms with E-state index in [1.165, 1.54) is 31.2 Å². The number of H-pyrrole nitrogens is 1. The SMILES string of the molecule is CCCc1nc(C2CN(C(=O)CCc3ccc(OC)cc3)CC23CCCC3)n[nH]1. The first-order chi connectivity index (χ1) is 14.1. The Kier molecular flexibility index (Phi) is 5.88. The van der Waals surface area contributed by atoms with Crippen LogP contribution in [0.1, 0.15) is 68.6 Å². The predicted octanol–water partition coefficient (Wildman–Crippen LogP) is 3.88. The van der Waals surface area contributed by atoms with E-state index in [4.69, 9.17) is 9.72 Å². The van der Waals surface area contributed by atoms with Gasteiger partial charge in [-0.2, -0.15) is 5.10 Å². The van der Waals surface area contributed by atoms with Gasteiger partial charge in [0.25, 0.3) is 0 Å². The zero-order valence-electron chi connectivity index (χ0n) is 17.6. The zero-order chi connectivity index (χ0) is 20.3. The van der Waals surface area contributed by atoms with E-state index in [9.17, 15) is 4.79 Å². The summed E-state index contributed by atoms with van der Waals surface area (Å²) < 4.78 is 5.21. The van der Waals surface area contributed by atoms with E-state index in [1.54, 1.807) is 7.11 Å². The summed E-state index contributed by atoms with van der Waals surface area (Å²) in [4.78, 5) is 19.9. The lowest BCUT2D eigenvalue weighted by molar-refractivity contribution is -0.130. The second-order valence-electron chi connectivity index (χ2n) is 8.63. The normalized spacial score (nSPS) is 20.5. The van der Waals surface area contributed by atoms with Crippen molar-refractivity contribution in [3.8, 4) is 5.75 Å². The number of aryl methyl sites for hydroxylation is 2. The molecule has 1 unspecified atom stereocenters. The van der Waals surface area contributed by atoms with E-state index >= 15 is 0 Å². The Morgan fingerprint density at radius 1 is 1.24 bits per heavy atom. The van der Waals surface area contributed by atoms with Crippen molar-refractivity contribution in [2.24, 2.45) is 5.41 Å². The molecule has 0 bridgehead atoms. The highest BCUT2D eigenvalue weighted by molar-refractivity contribution is 5.77. The van der Waals surface area contributed by atoms with E-state index in [1.807, 2.05) is 24.3 Å². The van der Waals surface area contributed by atoms with Crippen LogP contribution in [0.3, 0.4) is 0 Å². The van der Waals surface area contributed by atoms with Gasteiger partial charge in [-0.3, -0.25) is 9.89 Å². The van der Waals surface area contributed by atoms with Crippen LogP contribution in [-0.2, 0) is 17.6 Å². The molecule has 1 aromatic carbocycles. The predicted molar refractivity (Wildman–Crippen MR) is 112 cm³/mol. The monoisotopic (exact) mass is 396 g/mol. The largest absolute Gasteiger partial charge is 0.497 e. The Labute approximate surface area is 173 Å². The molecular formula is C23H32N4O2. The first-order valence-corrected chi connectivity index (χ1v) is 11.0. The third-order valence-corrected chi connectivity index (χ3v) is 6.73. The van der Waals surface area contributed by atoms with Crippen LogP contribution in [0, 0.1) is 5.41 Å². The highest BCUT2D eigenvalue weighted by atomic mass is 16.5. The Bertz CT molecular complexity index is 824. The number of aromatic amines is 1. The van der Waals surface area contributed by atoms with Gasteiger partial charge in [0.05, 0.1) is 7.11 Å². The summed E-state index contributed by atoms with van der Waals surface area (Å²) in [5.74, 6) is 3.25. The molecule has 1 aromatic heterocycles. The molecule has 2 aliphatic rings. The van der Waals surface area contributed by atoms with E-state index < -0.39 is 0 Å². The lowest BCUT2D eigenvalue weighted by Crippen LogP contribution is -2.31. The highest BCUT2D eigenvalue weighted by Gasteiger charge is 2.51. The fraction of sp³-hybridized carbons (Fsp3) is 0.609. The maximum atomic E-state index is 13.0. The number of nitrogens with one attached hydrogen (secondary N) is 1. The van der Waals surface area contributed by atoms with Gasteiger partial charge in [-0.15, -0.1) is 0 Å². The molecule has 1 spiro atoms. The molecule has 1 saturated heterocycles. The summed E-state index contributed by atoms with van der Waals surface area (Å²) in [5, 5.41) is 7.67. The first-order valence-electron chi connectivity index (χ1n) is 11.0. The summed E-state index contributed by atoms with van der Waals surface area (Å²) in [6.45, 7) is 3.76. The Balaban J connectivity index is 1.43. The fourth-order valence-corrected chi connectivity index (χ4v) is 5.12. The highest BCUT2D eigenvalue weighted by Crippen LogP contribution is 2.52. The van der Waals surface area contributed by atoms with Crippen LogP contribution in [0.4, 0.5) is 0 Å². The number of aromatic nitrogens is 3. The number of hydrogen-bond acceptors (Lipinski definition) is 4. The van der Waals surface area contributed by atoms with Crippen LogP contribution in [-0.4, -0.2) is 46.2 Å². The minimum absolute atomic E-state index is 0.168. The minimum Gasteiger partial charge on any atom is -0.497 e. The van der Waals surface area contributed by atoms with E-state index in [0.29, 0.717) is 6.42 Å². The Morgan fingerprint density at radius 3 is 2.69 bits per heavy atom. The molecule has 1 saturated carbocycles. The number of nitrogens with zero attached hydrogens (tertiary/aromatic N) is 3. The zero-order valence-corrected chi connectivity index (χ0v) is 17.6. The summed E-state index contributed by atoms with van der Waals surface area (Å²) in [6.07, 6.45) is 8.14. The molecule has 1 N–H and O–H groups in total. The van der Waals surface area contributed by atoms with Gasteiger partial charge in [0.15, 0.2) is 5.82 Å². The van der Waals surface area contributed by atoms with Gasteiger partial charge in [0.1, 0.15) is 11.6 Å². The van der Waals surface area contributed by atoms with Crippen molar-refractivity contribution >= 4 is 5.91 Å². The Hall–Kier alpha value is -2.37. The molecule has 6 nitrogen and oxygen atoms in total. The quantitative estimate of drug-likeness (QED) is 0.771. The molecule has 29 heavy (non-hydrogen) atoms. The number of benzene rings is 1. The lowest BCUT2D eigenvalue weighted by atomic mass is 9.76. The van der Waals surface area contributed by atoms with Crippen LogP contribution in [0.5, 0.6) is 5.75 Å². The standard InChI is InChI=1S/C23H32N4O2/c1-3-6-20-24-22(26-25-20)19-15-27(16-23(19)13-4-5-14-23)21(28)12-9-17-7-10-18(29-2)11-8-17/h7-8,10-11,19H,3-6,9,12-16H2,1-2H3,(H,24,25,26). The maximum Gasteiger partial charge on any atom is 0.222 e. The van der Waals surface area contributed by atoms with E-state index in [2.05, 4.69) is 22.0 Å². The van der Waals surface area contributed by atoms with Gasteiger partial charge in [0, 0.05) is 31.8 Å². The van der Waals surface area contributed by atoms with Crippen molar-refractivity contribution in [1.82, 2.24) is 20.1 Å². The molecule has 1 aliphatic heterocycles. The average Bonchev–Trinajstić information content (AvgIpc) is 3.48. The maximum absolute atomic E-state index is 13.0. The van der Waals surface area contributed by atoms with Crippen molar-refractivity contribution in [3.63, 3.8) is 0 Å². The van der Waals surface area contributed by atoms with Crippen molar-refractivity contribution in [1.29, 1.82) is 0 Å². The third-order valence-electron chi connectivity index (χ3n) is 6.73. The molecule has 1 amide bonds. The van der Waals surface area contributed by atoms with Gasteiger partial charge >= 0.3 is 0 Å². The molecule has 1 atom stereocenters. The molecule has 0 radical (unpaired) electrons. The smallest absolute Gasteiger partial charge is 0.222 e. The van der Waals surface area contributed by atoms with Crippen LogP contribution >= 0.6 is 0 Å². The van der Waals surface area contributed by atoms with Crippen LogP contribution in [0.2, 0.25) is 0 Å². The number of likely N-dealkylation sites (tertiary alicyclic amines) is 1. The number of carbonyl (C=O) groups excluding carboxylic acids is 1. The number of methoxy groups -OCH3 is 1. The minimum atomic E-state index is 0.168. The Morgan fingerprint density at radius 2 is 2.00 bits per heavy atom. The molecule has 2 heterocycles. The third kappa shape index (κ3) is 4.16. The van der Waals surface area contributed by atoms with Gasteiger partial charge in [-0.05, 0) is 48.8 Å². The number of amides is 1. The van der Waals surface area contributed by atoms with Crippen LogP contribution in [0.25, 0.3) is 0 Å².